The maximum absolute atomic E-state index is 12.4. The molecule has 1 aromatic carbocycles. The van der Waals surface area contributed by atoms with Gasteiger partial charge in [0.15, 0.2) is 5.03 Å². The summed E-state index contributed by atoms with van der Waals surface area (Å²) in [7, 11) is -3.75. The largest absolute Gasteiger partial charge is 0.268 e. The van der Waals surface area contributed by atoms with E-state index in [2.05, 4.69) is 10.2 Å². The first-order chi connectivity index (χ1) is 9.32. The first kappa shape index (κ1) is 15.0. The second-order valence-corrected chi connectivity index (χ2v) is 7.17. The summed E-state index contributed by atoms with van der Waals surface area (Å²) in [6.07, 6.45) is 0. The highest BCUT2D eigenvalue weighted by atomic mass is 35.5. The van der Waals surface area contributed by atoms with Crippen molar-refractivity contribution in [2.24, 2.45) is 0 Å². The highest BCUT2D eigenvalue weighted by molar-refractivity contribution is 7.91. The van der Waals surface area contributed by atoms with Gasteiger partial charge in [0.25, 0.3) is 5.56 Å². The van der Waals surface area contributed by atoms with Gasteiger partial charge < -0.3 is 0 Å². The van der Waals surface area contributed by atoms with Gasteiger partial charge in [0.1, 0.15) is 0 Å². The molecule has 2 aromatic rings. The Morgan fingerprint density at radius 3 is 2.45 bits per heavy atom. The van der Waals surface area contributed by atoms with Crippen LogP contribution in [0.1, 0.15) is 17.7 Å². The number of aromatic nitrogens is 2. The lowest BCUT2D eigenvalue weighted by Gasteiger charge is -2.14. The monoisotopic (exact) mass is 332 g/mol. The minimum atomic E-state index is -3.75. The summed E-state index contributed by atoms with van der Waals surface area (Å²) in [6, 6.07) is 6.86. The molecule has 0 saturated carbocycles. The van der Waals surface area contributed by atoms with E-state index in [4.69, 9.17) is 23.2 Å². The zero-order valence-electron chi connectivity index (χ0n) is 10.3. The van der Waals surface area contributed by atoms with Crippen LogP contribution in [0, 0.1) is 0 Å². The van der Waals surface area contributed by atoms with Crippen LogP contribution in [0.5, 0.6) is 0 Å². The van der Waals surface area contributed by atoms with Gasteiger partial charge in [0.05, 0.1) is 5.25 Å². The Labute approximate surface area is 125 Å². The van der Waals surface area contributed by atoms with Crippen LogP contribution in [0.4, 0.5) is 0 Å². The molecule has 0 aliphatic heterocycles. The summed E-state index contributed by atoms with van der Waals surface area (Å²) < 4.78 is 24.8. The summed E-state index contributed by atoms with van der Waals surface area (Å²) >= 11 is 11.8. The van der Waals surface area contributed by atoms with Gasteiger partial charge in [-0.1, -0.05) is 29.3 Å². The van der Waals surface area contributed by atoms with Crippen molar-refractivity contribution < 1.29 is 8.42 Å². The summed E-state index contributed by atoms with van der Waals surface area (Å²) in [4.78, 5) is 10.9. The van der Waals surface area contributed by atoms with E-state index in [1.165, 1.54) is 13.0 Å². The van der Waals surface area contributed by atoms with Crippen molar-refractivity contribution in [2.75, 3.05) is 0 Å². The summed E-state index contributed by atoms with van der Waals surface area (Å²) in [6.45, 7) is 1.50. The third-order valence-electron chi connectivity index (χ3n) is 2.81. The molecule has 0 fully saturated rings. The van der Waals surface area contributed by atoms with Gasteiger partial charge in [-0.05, 0) is 30.7 Å². The van der Waals surface area contributed by atoms with Gasteiger partial charge in [0.2, 0.25) is 9.84 Å². The van der Waals surface area contributed by atoms with E-state index >= 15 is 0 Å². The van der Waals surface area contributed by atoms with E-state index in [0.717, 1.165) is 12.1 Å². The highest BCUT2D eigenvalue weighted by Gasteiger charge is 2.28. The van der Waals surface area contributed by atoms with Crippen LogP contribution in [-0.2, 0) is 9.84 Å². The molecular formula is C12H10Cl2N2O3S. The van der Waals surface area contributed by atoms with E-state index in [1.54, 1.807) is 12.1 Å². The van der Waals surface area contributed by atoms with Gasteiger partial charge in [-0.15, -0.1) is 0 Å². The molecular weight excluding hydrogens is 323 g/mol. The van der Waals surface area contributed by atoms with E-state index in [0.29, 0.717) is 10.6 Å². The molecule has 1 unspecified atom stereocenters. The number of benzene rings is 1. The predicted octanol–water partition coefficient (Wildman–Crippen LogP) is 2.61. The van der Waals surface area contributed by atoms with Crippen LogP contribution in [0.15, 0.2) is 40.2 Å². The van der Waals surface area contributed by atoms with Crippen LogP contribution < -0.4 is 5.56 Å². The van der Waals surface area contributed by atoms with Crippen molar-refractivity contribution in [3.63, 3.8) is 0 Å². The standard InChI is InChI=1S/C12H10Cl2N2O3S/c1-7(9-3-2-8(13)6-10(9)14)20(18,19)12-5-4-11(17)15-16-12/h2-7H,1H3,(H,15,17). The molecule has 0 amide bonds. The van der Waals surface area contributed by atoms with E-state index in [9.17, 15) is 13.2 Å². The lowest BCUT2D eigenvalue weighted by Crippen LogP contribution is -2.16. The number of nitrogens with zero attached hydrogens (tertiary/aromatic N) is 1. The lowest BCUT2D eigenvalue weighted by atomic mass is 10.2. The minimum absolute atomic E-state index is 0.212. The first-order valence-corrected chi connectivity index (χ1v) is 7.87. The third-order valence-corrected chi connectivity index (χ3v) is 5.37. The number of halogens is 2. The van der Waals surface area contributed by atoms with Crippen molar-refractivity contribution in [2.45, 2.75) is 17.2 Å². The smallest absolute Gasteiger partial charge is 0.264 e. The Kier molecular flexibility index (Phi) is 4.17. The first-order valence-electron chi connectivity index (χ1n) is 5.57. The van der Waals surface area contributed by atoms with Crippen molar-refractivity contribution in [3.8, 4) is 0 Å². The van der Waals surface area contributed by atoms with Crippen LogP contribution in [-0.4, -0.2) is 18.6 Å². The number of H-pyrrole nitrogens is 1. The molecule has 8 heteroatoms. The van der Waals surface area contributed by atoms with Gasteiger partial charge in [0, 0.05) is 16.1 Å². The Bertz CT molecular complexity index is 782. The van der Waals surface area contributed by atoms with Gasteiger partial charge >= 0.3 is 0 Å². The van der Waals surface area contributed by atoms with Crippen molar-refractivity contribution >= 4 is 33.0 Å². The molecule has 1 N–H and O–H groups in total. The Balaban J connectivity index is 2.48. The normalized spacial score (nSPS) is 13.2. The molecule has 0 spiro atoms. The predicted molar refractivity (Wildman–Crippen MR) is 76.9 cm³/mol. The van der Waals surface area contributed by atoms with Crippen LogP contribution in [0.3, 0.4) is 0 Å². The molecule has 0 radical (unpaired) electrons. The summed E-state index contributed by atoms with van der Waals surface area (Å²) in [5.41, 5.74) is -0.0507. The number of hydrogen-bond donors (Lipinski definition) is 1. The number of aromatic amines is 1. The fourth-order valence-corrected chi connectivity index (χ4v) is 3.64. The van der Waals surface area contributed by atoms with Crippen LogP contribution in [0.2, 0.25) is 10.0 Å². The minimum Gasteiger partial charge on any atom is -0.268 e. The van der Waals surface area contributed by atoms with Gasteiger partial charge in [-0.3, -0.25) is 4.79 Å². The Hall–Kier alpha value is -1.37. The maximum atomic E-state index is 12.4. The number of sulfone groups is 1. The van der Waals surface area contributed by atoms with Crippen LogP contribution >= 0.6 is 23.2 Å². The van der Waals surface area contributed by atoms with Crippen LogP contribution in [0.25, 0.3) is 0 Å². The molecule has 1 heterocycles. The van der Waals surface area contributed by atoms with E-state index < -0.39 is 20.6 Å². The summed E-state index contributed by atoms with van der Waals surface area (Å²) in [5, 5.41) is 5.21. The average Bonchev–Trinajstić information content (AvgIpc) is 2.38. The highest BCUT2D eigenvalue weighted by Crippen LogP contribution is 2.33. The molecule has 0 bridgehead atoms. The van der Waals surface area contributed by atoms with Gasteiger partial charge in [-0.25, -0.2) is 13.5 Å². The second kappa shape index (κ2) is 5.55. The molecule has 2 rings (SSSR count). The number of rotatable bonds is 3. The van der Waals surface area contributed by atoms with E-state index in [-0.39, 0.29) is 10.0 Å². The topological polar surface area (TPSA) is 79.9 Å². The zero-order chi connectivity index (χ0) is 14.9. The van der Waals surface area contributed by atoms with E-state index in [1.807, 2.05) is 0 Å². The van der Waals surface area contributed by atoms with Crippen molar-refractivity contribution in [3.05, 3.63) is 56.3 Å². The molecule has 0 aliphatic rings. The second-order valence-electron chi connectivity index (χ2n) is 4.11. The fourth-order valence-electron chi connectivity index (χ4n) is 1.67. The molecule has 1 atom stereocenters. The number of nitrogens with one attached hydrogen (secondary N) is 1. The fraction of sp³-hybridized carbons (Fsp3) is 0.167. The van der Waals surface area contributed by atoms with Gasteiger partial charge in [-0.2, -0.15) is 5.10 Å². The average molecular weight is 333 g/mol. The van der Waals surface area contributed by atoms with Crippen molar-refractivity contribution in [1.82, 2.24) is 10.2 Å². The Morgan fingerprint density at radius 2 is 1.90 bits per heavy atom. The zero-order valence-corrected chi connectivity index (χ0v) is 12.6. The summed E-state index contributed by atoms with van der Waals surface area (Å²) in [5.74, 6) is 0. The Morgan fingerprint density at radius 1 is 1.20 bits per heavy atom. The molecule has 0 aliphatic carbocycles. The molecule has 106 valence electrons. The molecule has 5 nitrogen and oxygen atoms in total. The third kappa shape index (κ3) is 2.87. The lowest BCUT2D eigenvalue weighted by molar-refractivity contribution is 0.579. The maximum Gasteiger partial charge on any atom is 0.264 e. The quantitative estimate of drug-likeness (QED) is 0.936. The molecule has 1 aromatic heterocycles. The SMILES string of the molecule is CC(c1ccc(Cl)cc1Cl)S(=O)(=O)c1ccc(=O)[nH]n1. The van der Waals surface area contributed by atoms with Crippen molar-refractivity contribution in [1.29, 1.82) is 0 Å². The number of hydrogen-bond acceptors (Lipinski definition) is 4. The molecule has 20 heavy (non-hydrogen) atoms. The molecule has 0 saturated heterocycles.